The van der Waals surface area contributed by atoms with Crippen LogP contribution >= 0.6 is 0 Å². The van der Waals surface area contributed by atoms with Crippen molar-refractivity contribution in [3.05, 3.63) is 83.4 Å². The van der Waals surface area contributed by atoms with E-state index in [1.807, 2.05) is 25.1 Å². The van der Waals surface area contributed by atoms with Crippen molar-refractivity contribution in [1.82, 2.24) is 0 Å². The van der Waals surface area contributed by atoms with Gasteiger partial charge in [0, 0.05) is 5.69 Å². The van der Waals surface area contributed by atoms with Crippen molar-refractivity contribution in [1.29, 1.82) is 0 Å². The highest BCUT2D eigenvalue weighted by atomic mass is 16.5. The number of amides is 2. The Bertz CT molecular complexity index is 1220. The smallest absolute Gasteiger partial charge is 0.337 e. The van der Waals surface area contributed by atoms with Crippen LogP contribution in [0.1, 0.15) is 21.5 Å². The summed E-state index contributed by atoms with van der Waals surface area (Å²) in [4.78, 5) is 38.5. The monoisotopic (exact) mass is 460 g/mol. The van der Waals surface area contributed by atoms with Crippen LogP contribution in [0.5, 0.6) is 11.5 Å². The number of rotatable bonds is 7. The van der Waals surface area contributed by atoms with E-state index in [0.717, 1.165) is 11.1 Å². The standard InChI is InChI=1S/C26H24N2O6/c1-17-6-9-21(10-7-17)33-15-24(29)27-20-8-11-23-22(13-20)28(25(30)16-34-23)14-18-4-3-5-19(12-18)26(31)32-2/h3-13H,14-16H2,1-2H3,(H,27,29). The number of methoxy groups -OCH3 is 1. The van der Waals surface area contributed by atoms with Gasteiger partial charge in [-0.2, -0.15) is 0 Å². The number of ether oxygens (including phenoxy) is 3. The molecule has 3 aromatic carbocycles. The molecule has 0 saturated heterocycles. The van der Waals surface area contributed by atoms with Crippen molar-refractivity contribution in [3.8, 4) is 11.5 Å². The van der Waals surface area contributed by atoms with Gasteiger partial charge in [-0.05, 0) is 55.0 Å². The number of hydrogen-bond acceptors (Lipinski definition) is 6. The van der Waals surface area contributed by atoms with Crippen LogP contribution in [0, 0.1) is 6.92 Å². The molecule has 0 fully saturated rings. The van der Waals surface area contributed by atoms with Crippen LogP contribution in [0.3, 0.4) is 0 Å². The number of hydrogen-bond donors (Lipinski definition) is 1. The molecule has 1 N–H and O–H groups in total. The second-order valence-electron chi connectivity index (χ2n) is 7.79. The van der Waals surface area contributed by atoms with E-state index >= 15 is 0 Å². The normalized spacial score (nSPS) is 12.4. The zero-order valence-electron chi connectivity index (χ0n) is 18.9. The first-order valence-electron chi connectivity index (χ1n) is 10.7. The third kappa shape index (κ3) is 5.35. The van der Waals surface area contributed by atoms with E-state index in [9.17, 15) is 14.4 Å². The maximum atomic E-state index is 12.7. The minimum absolute atomic E-state index is 0.0974. The zero-order valence-corrected chi connectivity index (χ0v) is 18.9. The Hall–Kier alpha value is -4.33. The van der Waals surface area contributed by atoms with E-state index < -0.39 is 5.97 Å². The van der Waals surface area contributed by atoms with Crippen molar-refractivity contribution < 1.29 is 28.6 Å². The van der Waals surface area contributed by atoms with Gasteiger partial charge < -0.3 is 24.4 Å². The molecular weight excluding hydrogens is 436 g/mol. The van der Waals surface area contributed by atoms with Crippen molar-refractivity contribution in [2.75, 3.05) is 30.5 Å². The molecule has 8 nitrogen and oxygen atoms in total. The Morgan fingerprint density at radius 2 is 1.85 bits per heavy atom. The van der Waals surface area contributed by atoms with Gasteiger partial charge in [0.2, 0.25) is 0 Å². The largest absolute Gasteiger partial charge is 0.484 e. The Morgan fingerprint density at radius 3 is 2.62 bits per heavy atom. The lowest BCUT2D eigenvalue weighted by atomic mass is 10.1. The van der Waals surface area contributed by atoms with E-state index in [4.69, 9.17) is 14.2 Å². The number of carbonyl (C=O) groups excluding carboxylic acids is 3. The summed E-state index contributed by atoms with van der Waals surface area (Å²) < 4.78 is 15.9. The van der Waals surface area contributed by atoms with Gasteiger partial charge in [0.15, 0.2) is 13.2 Å². The maximum absolute atomic E-state index is 12.7. The molecule has 1 heterocycles. The Morgan fingerprint density at radius 1 is 1.06 bits per heavy atom. The van der Waals surface area contributed by atoms with Crippen LogP contribution in [0.25, 0.3) is 0 Å². The van der Waals surface area contributed by atoms with Crippen LogP contribution in [0.4, 0.5) is 11.4 Å². The number of nitrogens with one attached hydrogen (secondary N) is 1. The fourth-order valence-corrected chi connectivity index (χ4v) is 3.53. The second-order valence-corrected chi connectivity index (χ2v) is 7.79. The summed E-state index contributed by atoms with van der Waals surface area (Å²) in [6, 6.07) is 19.4. The van der Waals surface area contributed by atoms with Gasteiger partial charge in [0.25, 0.3) is 11.8 Å². The molecule has 0 aromatic heterocycles. The van der Waals surface area contributed by atoms with Crippen molar-refractivity contribution in [2.24, 2.45) is 0 Å². The molecule has 0 saturated carbocycles. The molecule has 174 valence electrons. The molecule has 0 spiro atoms. The zero-order chi connectivity index (χ0) is 24.1. The van der Waals surface area contributed by atoms with Crippen LogP contribution in [-0.4, -0.2) is 38.1 Å². The summed E-state index contributed by atoms with van der Waals surface area (Å²) in [7, 11) is 1.32. The highest BCUT2D eigenvalue weighted by molar-refractivity contribution is 5.99. The summed E-state index contributed by atoms with van der Waals surface area (Å²) >= 11 is 0. The third-order valence-electron chi connectivity index (χ3n) is 5.27. The molecule has 0 unspecified atom stereocenters. The molecule has 34 heavy (non-hydrogen) atoms. The van der Waals surface area contributed by atoms with Crippen molar-refractivity contribution in [3.63, 3.8) is 0 Å². The lowest BCUT2D eigenvalue weighted by molar-refractivity contribution is -0.121. The molecule has 0 radical (unpaired) electrons. The molecule has 1 aliphatic rings. The number of benzene rings is 3. The number of anilines is 2. The quantitative estimate of drug-likeness (QED) is 0.540. The Balaban J connectivity index is 1.48. The van der Waals surface area contributed by atoms with Gasteiger partial charge >= 0.3 is 5.97 Å². The summed E-state index contributed by atoms with van der Waals surface area (Å²) in [6.07, 6.45) is 0. The Labute approximate surface area is 197 Å². The topological polar surface area (TPSA) is 94.2 Å². The molecule has 2 amide bonds. The fourth-order valence-electron chi connectivity index (χ4n) is 3.53. The summed E-state index contributed by atoms with van der Waals surface area (Å²) in [5.74, 6) is 0.111. The van der Waals surface area contributed by atoms with Crippen LogP contribution in [0.15, 0.2) is 66.7 Å². The highest BCUT2D eigenvalue weighted by Crippen LogP contribution is 2.35. The molecule has 8 heteroatoms. The van der Waals surface area contributed by atoms with E-state index in [1.165, 1.54) is 7.11 Å². The summed E-state index contributed by atoms with van der Waals surface area (Å²) in [5.41, 5.74) is 3.28. The van der Waals surface area contributed by atoms with Crippen LogP contribution < -0.4 is 19.7 Å². The highest BCUT2D eigenvalue weighted by Gasteiger charge is 2.26. The average molecular weight is 460 g/mol. The Kier molecular flexibility index (Phi) is 6.77. The summed E-state index contributed by atoms with van der Waals surface area (Å²) in [5, 5.41) is 2.79. The lowest BCUT2D eigenvalue weighted by Gasteiger charge is -2.30. The first-order valence-corrected chi connectivity index (χ1v) is 10.7. The average Bonchev–Trinajstić information content (AvgIpc) is 2.85. The van der Waals surface area contributed by atoms with Gasteiger partial charge in [-0.1, -0.05) is 29.8 Å². The number of aryl methyl sites for hydroxylation is 1. The molecule has 1 aliphatic heterocycles. The van der Waals surface area contributed by atoms with E-state index in [1.54, 1.807) is 53.4 Å². The number of esters is 1. The molecule has 0 aliphatic carbocycles. The predicted octanol–water partition coefficient (Wildman–Crippen LogP) is 3.72. The number of fused-ring (bicyclic) bond motifs is 1. The molecule has 0 bridgehead atoms. The minimum atomic E-state index is -0.451. The van der Waals surface area contributed by atoms with Crippen molar-refractivity contribution in [2.45, 2.75) is 13.5 Å². The van der Waals surface area contributed by atoms with E-state index in [0.29, 0.717) is 28.4 Å². The second kappa shape index (κ2) is 10.1. The van der Waals surface area contributed by atoms with Crippen LogP contribution in [0.2, 0.25) is 0 Å². The van der Waals surface area contributed by atoms with Gasteiger partial charge in [-0.15, -0.1) is 0 Å². The van der Waals surface area contributed by atoms with E-state index in [-0.39, 0.29) is 31.6 Å². The minimum Gasteiger partial charge on any atom is -0.484 e. The predicted molar refractivity (Wildman–Crippen MR) is 126 cm³/mol. The molecule has 3 aromatic rings. The van der Waals surface area contributed by atoms with Gasteiger partial charge in [-0.3, -0.25) is 9.59 Å². The van der Waals surface area contributed by atoms with E-state index in [2.05, 4.69) is 5.32 Å². The molecule has 0 atom stereocenters. The summed E-state index contributed by atoms with van der Waals surface area (Å²) in [6.45, 7) is 1.95. The van der Waals surface area contributed by atoms with Crippen molar-refractivity contribution >= 4 is 29.2 Å². The SMILES string of the molecule is COC(=O)c1cccc(CN2C(=O)COc3ccc(NC(=O)COc4ccc(C)cc4)cc32)c1. The maximum Gasteiger partial charge on any atom is 0.337 e. The first-order chi connectivity index (χ1) is 16.4. The fraction of sp³-hybridized carbons (Fsp3) is 0.192. The lowest BCUT2D eigenvalue weighted by Crippen LogP contribution is -2.38. The van der Waals surface area contributed by atoms with Gasteiger partial charge in [-0.25, -0.2) is 4.79 Å². The van der Waals surface area contributed by atoms with Gasteiger partial charge in [0.05, 0.1) is 24.9 Å². The van der Waals surface area contributed by atoms with Gasteiger partial charge in [0.1, 0.15) is 11.5 Å². The molecular formula is C26H24N2O6. The number of nitrogens with zero attached hydrogens (tertiary/aromatic N) is 1. The molecule has 4 rings (SSSR count). The van der Waals surface area contributed by atoms with Crippen LogP contribution in [-0.2, 0) is 20.9 Å². The first kappa shape index (κ1) is 22.8. The number of carbonyl (C=O) groups is 3. The third-order valence-corrected chi connectivity index (χ3v) is 5.27.